The van der Waals surface area contributed by atoms with Crippen LogP contribution in [-0.4, -0.2) is 23.6 Å². The third kappa shape index (κ3) is 3.47. The van der Waals surface area contributed by atoms with E-state index >= 15 is 0 Å². The Morgan fingerprint density at radius 2 is 2.29 bits per heavy atom. The minimum atomic E-state index is 0.442. The number of hydrogen-bond acceptors (Lipinski definition) is 4. The van der Waals surface area contributed by atoms with E-state index in [0.29, 0.717) is 12.5 Å². The van der Waals surface area contributed by atoms with Crippen LogP contribution in [0, 0.1) is 5.92 Å². The van der Waals surface area contributed by atoms with Gasteiger partial charge in [-0.3, -0.25) is 4.90 Å². The van der Waals surface area contributed by atoms with Gasteiger partial charge in [-0.2, -0.15) is 0 Å². The van der Waals surface area contributed by atoms with Crippen LogP contribution in [0.2, 0.25) is 0 Å². The van der Waals surface area contributed by atoms with Crippen molar-refractivity contribution in [1.29, 1.82) is 0 Å². The Bertz CT molecular complexity index is 270. The van der Waals surface area contributed by atoms with Crippen LogP contribution in [0.4, 0.5) is 0 Å². The van der Waals surface area contributed by atoms with Gasteiger partial charge in [0.25, 0.3) is 0 Å². The minimum Gasteiger partial charge on any atom is -0.360 e. The fourth-order valence-corrected chi connectivity index (χ4v) is 1.48. The fraction of sp³-hybridized carbons (Fsp3) is 0.700. The zero-order chi connectivity index (χ0) is 10.6. The third-order valence-corrected chi connectivity index (χ3v) is 1.92. The first-order chi connectivity index (χ1) is 6.61. The Morgan fingerprint density at radius 1 is 1.57 bits per heavy atom. The van der Waals surface area contributed by atoms with E-state index in [2.05, 4.69) is 31.0 Å². The summed E-state index contributed by atoms with van der Waals surface area (Å²) in [6.07, 6.45) is 0. The first kappa shape index (κ1) is 11.2. The van der Waals surface area contributed by atoms with Crippen LogP contribution in [0.1, 0.15) is 25.3 Å². The second kappa shape index (κ2) is 5.12. The summed E-state index contributed by atoms with van der Waals surface area (Å²) in [6, 6.07) is 1.91. The zero-order valence-electron chi connectivity index (χ0n) is 9.16. The summed E-state index contributed by atoms with van der Waals surface area (Å²) in [5, 5.41) is 3.84. The highest BCUT2D eigenvalue weighted by molar-refractivity contribution is 5.04. The molecule has 2 N–H and O–H groups in total. The summed E-state index contributed by atoms with van der Waals surface area (Å²) in [5.74, 6) is 1.55. The molecular weight excluding hydrogens is 178 g/mol. The van der Waals surface area contributed by atoms with Gasteiger partial charge in [-0.05, 0) is 13.0 Å². The highest BCUT2D eigenvalue weighted by Gasteiger charge is 2.07. The lowest BCUT2D eigenvalue weighted by Gasteiger charge is -2.16. The molecule has 0 bridgehead atoms. The molecule has 0 radical (unpaired) electrons. The monoisotopic (exact) mass is 197 g/mol. The lowest BCUT2D eigenvalue weighted by molar-refractivity contribution is 0.249. The SMILES string of the molecule is CC(C)CN(C)Cc1cc(CN)no1. The number of rotatable bonds is 5. The van der Waals surface area contributed by atoms with Crippen LogP contribution in [-0.2, 0) is 13.1 Å². The molecule has 0 spiro atoms. The second-order valence-electron chi connectivity index (χ2n) is 4.08. The van der Waals surface area contributed by atoms with Gasteiger partial charge in [0.05, 0.1) is 12.2 Å². The van der Waals surface area contributed by atoms with Gasteiger partial charge in [0.1, 0.15) is 0 Å². The fourth-order valence-electron chi connectivity index (χ4n) is 1.48. The maximum atomic E-state index is 5.44. The van der Waals surface area contributed by atoms with Crippen LogP contribution >= 0.6 is 0 Å². The van der Waals surface area contributed by atoms with Gasteiger partial charge in [-0.25, -0.2) is 0 Å². The molecule has 0 saturated heterocycles. The van der Waals surface area contributed by atoms with Gasteiger partial charge in [0.2, 0.25) is 0 Å². The predicted molar refractivity (Wildman–Crippen MR) is 55.6 cm³/mol. The zero-order valence-corrected chi connectivity index (χ0v) is 9.16. The van der Waals surface area contributed by atoms with Crippen LogP contribution in [0.15, 0.2) is 10.6 Å². The molecule has 0 saturated carbocycles. The number of nitrogens with two attached hydrogens (primary N) is 1. The third-order valence-electron chi connectivity index (χ3n) is 1.92. The van der Waals surface area contributed by atoms with Gasteiger partial charge in [0.15, 0.2) is 5.76 Å². The van der Waals surface area contributed by atoms with Gasteiger partial charge < -0.3 is 10.3 Å². The molecule has 4 nitrogen and oxygen atoms in total. The van der Waals surface area contributed by atoms with Crippen LogP contribution in [0.3, 0.4) is 0 Å². The maximum Gasteiger partial charge on any atom is 0.151 e. The molecular formula is C10H19N3O. The van der Waals surface area contributed by atoms with Crippen LogP contribution in [0.25, 0.3) is 0 Å². The highest BCUT2D eigenvalue weighted by atomic mass is 16.5. The predicted octanol–water partition coefficient (Wildman–Crippen LogP) is 1.22. The summed E-state index contributed by atoms with van der Waals surface area (Å²) in [4.78, 5) is 2.21. The smallest absolute Gasteiger partial charge is 0.151 e. The Labute approximate surface area is 85.1 Å². The van der Waals surface area contributed by atoms with E-state index in [9.17, 15) is 0 Å². The summed E-state index contributed by atoms with van der Waals surface area (Å²) in [6.45, 7) is 6.69. The average molecular weight is 197 g/mol. The molecule has 1 aromatic rings. The van der Waals surface area contributed by atoms with Crippen molar-refractivity contribution in [3.8, 4) is 0 Å². The van der Waals surface area contributed by atoms with E-state index in [-0.39, 0.29) is 0 Å². The second-order valence-corrected chi connectivity index (χ2v) is 4.08. The normalized spacial score (nSPS) is 11.6. The van der Waals surface area contributed by atoms with Gasteiger partial charge in [-0.15, -0.1) is 0 Å². The molecule has 0 amide bonds. The summed E-state index contributed by atoms with van der Waals surface area (Å²) >= 11 is 0. The topological polar surface area (TPSA) is 55.3 Å². The molecule has 4 heteroatoms. The van der Waals surface area contributed by atoms with E-state index < -0.39 is 0 Å². The molecule has 0 fully saturated rings. The number of aromatic nitrogens is 1. The van der Waals surface area contributed by atoms with Crippen molar-refractivity contribution in [2.24, 2.45) is 11.7 Å². The van der Waals surface area contributed by atoms with Crippen molar-refractivity contribution in [3.05, 3.63) is 17.5 Å². The van der Waals surface area contributed by atoms with E-state index in [1.54, 1.807) is 0 Å². The van der Waals surface area contributed by atoms with Crippen molar-refractivity contribution in [2.45, 2.75) is 26.9 Å². The Balaban J connectivity index is 2.43. The van der Waals surface area contributed by atoms with Gasteiger partial charge in [0, 0.05) is 19.2 Å². The number of nitrogens with zero attached hydrogens (tertiary/aromatic N) is 2. The van der Waals surface area contributed by atoms with Crippen molar-refractivity contribution in [2.75, 3.05) is 13.6 Å². The standard InChI is InChI=1S/C10H19N3O/c1-8(2)6-13(3)7-10-4-9(5-11)12-14-10/h4,8H,5-7,11H2,1-3H3. The molecule has 0 aliphatic heterocycles. The van der Waals surface area contributed by atoms with Crippen molar-refractivity contribution in [3.63, 3.8) is 0 Å². The molecule has 0 atom stereocenters. The molecule has 0 aromatic carbocycles. The van der Waals surface area contributed by atoms with Crippen molar-refractivity contribution in [1.82, 2.24) is 10.1 Å². The van der Waals surface area contributed by atoms with Gasteiger partial charge >= 0.3 is 0 Å². The van der Waals surface area contributed by atoms with Crippen molar-refractivity contribution >= 4 is 0 Å². The maximum absolute atomic E-state index is 5.44. The summed E-state index contributed by atoms with van der Waals surface area (Å²) < 4.78 is 5.14. The molecule has 1 heterocycles. The quantitative estimate of drug-likeness (QED) is 0.771. The Hall–Kier alpha value is -0.870. The Morgan fingerprint density at radius 3 is 2.79 bits per heavy atom. The van der Waals surface area contributed by atoms with Crippen LogP contribution in [0.5, 0.6) is 0 Å². The first-order valence-corrected chi connectivity index (χ1v) is 4.95. The average Bonchev–Trinajstić information content (AvgIpc) is 2.50. The molecule has 1 rings (SSSR count). The molecule has 80 valence electrons. The molecule has 1 aromatic heterocycles. The van der Waals surface area contributed by atoms with Gasteiger partial charge in [-0.1, -0.05) is 19.0 Å². The van der Waals surface area contributed by atoms with Crippen molar-refractivity contribution < 1.29 is 4.52 Å². The first-order valence-electron chi connectivity index (χ1n) is 4.95. The molecule has 0 aliphatic rings. The highest BCUT2D eigenvalue weighted by Crippen LogP contribution is 2.07. The number of hydrogen-bond donors (Lipinski definition) is 1. The van der Waals surface area contributed by atoms with E-state index in [0.717, 1.165) is 24.5 Å². The lowest BCUT2D eigenvalue weighted by atomic mass is 10.2. The molecule has 14 heavy (non-hydrogen) atoms. The Kier molecular flexibility index (Phi) is 4.10. The lowest BCUT2D eigenvalue weighted by Crippen LogP contribution is -2.22. The molecule has 0 aliphatic carbocycles. The molecule has 0 unspecified atom stereocenters. The largest absolute Gasteiger partial charge is 0.360 e. The summed E-state index contributed by atoms with van der Waals surface area (Å²) in [7, 11) is 2.07. The summed E-state index contributed by atoms with van der Waals surface area (Å²) in [5.41, 5.74) is 6.26. The minimum absolute atomic E-state index is 0.442. The van der Waals surface area contributed by atoms with Crippen LogP contribution < -0.4 is 5.73 Å². The van der Waals surface area contributed by atoms with E-state index in [1.807, 2.05) is 6.07 Å². The van der Waals surface area contributed by atoms with E-state index in [4.69, 9.17) is 10.3 Å². The van der Waals surface area contributed by atoms with E-state index in [1.165, 1.54) is 0 Å².